The van der Waals surface area contributed by atoms with E-state index in [0.29, 0.717) is 37.4 Å². The van der Waals surface area contributed by atoms with Gasteiger partial charge in [-0.05, 0) is 12.8 Å². The molecular formula is C34H47N6O12P. The summed E-state index contributed by atoms with van der Waals surface area (Å²) >= 11 is 0. The number of amides is 2. The van der Waals surface area contributed by atoms with Crippen molar-refractivity contribution in [3.05, 3.63) is 42.1 Å². The van der Waals surface area contributed by atoms with Gasteiger partial charge in [0.25, 0.3) is 5.91 Å². The summed E-state index contributed by atoms with van der Waals surface area (Å²) in [6.45, 7) is 4.20. The van der Waals surface area contributed by atoms with Crippen molar-refractivity contribution in [1.82, 2.24) is 25.5 Å². The molecule has 2 aliphatic heterocycles. The molecule has 2 aromatic rings. The molecule has 290 valence electrons. The maximum atomic E-state index is 14.4. The van der Waals surface area contributed by atoms with Crippen LogP contribution in [0.4, 0.5) is 10.6 Å². The number of unbranched alkanes of at least 4 members (excludes halogenated alkanes) is 1. The highest BCUT2D eigenvalue weighted by molar-refractivity contribution is 7.54. The number of hydrogen-bond acceptors (Lipinski definition) is 16. The summed E-state index contributed by atoms with van der Waals surface area (Å²) in [7, 11) is -2.88. The lowest BCUT2D eigenvalue weighted by atomic mass is 10.0. The molecule has 2 saturated heterocycles. The van der Waals surface area contributed by atoms with Crippen LogP contribution in [0, 0.1) is 0 Å². The molecule has 2 N–H and O–H groups in total. The number of Topliss-reactive ketones (excluding diaryl/α,β-unsaturated/α-hetero) is 1. The van der Waals surface area contributed by atoms with Crippen molar-refractivity contribution in [3.8, 4) is 11.4 Å². The van der Waals surface area contributed by atoms with Crippen LogP contribution >= 0.6 is 7.60 Å². The first-order valence-electron chi connectivity index (χ1n) is 17.3. The molecule has 3 atom stereocenters. The lowest BCUT2D eigenvalue weighted by molar-refractivity contribution is -0.149. The molecule has 0 spiro atoms. The maximum Gasteiger partial charge on any atom is 0.410 e. The van der Waals surface area contributed by atoms with Crippen LogP contribution in [0.1, 0.15) is 50.5 Å². The number of nitrogens with one attached hydrogen (secondary N) is 2. The summed E-state index contributed by atoms with van der Waals surface area (Å²) in [6, 6.07) is 7.68. The van der Waals surface area contributed by atoms with Gasteiger partial charge >= 0.3 is 25.6 Å². The fraction of sp³-hybridized carbons (Fsp3) is 0.559. The molecule has 0 saturated carbocycles. The van der Waals surface area contributed by atoms with Gasteiger partial charge in [0, 0.05) is 65.3 Å². The predicted molar refractivity (Wildman–Crippen MR) is 189 cm³/mol. The average Bonchev–Trinajstić information content (AvgIpc) is 3.64. The minimum Gasteiger partial charge on any atom is -0.449 e. The highest BCUT2D eigenvalue weighted by Gasteiger charge is 2.42. The number of rotatable bonds is 18. The van der Waals surface area contributed by atoms with Crippen molar-refractivity contribution >= 4 is 43.1 Å². The average molecular weight is 763 g/mol. The van der Waals surface area contributed by atoms with Gasteiger partial charge in [-0.1, -0.05) is 43.7 Å². The first-order valence-corrected chi connectivity index (χ1v) is 19.0. The summed E-state index contributed by atoms with van der Waals surface area (Å²) in [5.74, 6) is -2.39. The van der Waals surface area contributed by atoms with Crippen LogP contribution in [-0.2, 0) is 46.9 Å². The van der Waals surface area contributed by atoms with E-state index in [4.69, 9.17) is 33.0 Å². The zero-order valence-corrected chi connectivity index (χ0v) is 31.2. The maximum absolute atomic E-state index is 14.4. The zero-order chi connectivity index (χ0) is 38.4. The molecule has 2 aliphatic rings. The second kappa shape index (κ2) is 20.1. The highest BCUT2D eigenvalue weighted by atomic mass is 31.2. The Bertz CT molecular complexity index is 1610. The number of nitrogens with zero attached hydrogens (tertiary/aromatic N) is 4. The van der Waals surface area contributed by atoms with E-state index in [1.54, 1.807) is 31.4 Å². The van der Waals surface area contributed by atoms with Crippen LogP contribution in [0.5, 0.6) is 0 Å². The van der Waals surface area contributed by atoms with Crippen LogP contribution in [0.2, 0.25) is 0 Å². The predicted octanol–water partition coefficient (Wildman–Crippen LogP) is 2.51. The van der Waals surface area contributed by atoms with Gasteiger partial charge in [-0.15, -0.1) is 0 Å². The van der Waals surface area contributed by atoms with Gasteiger partial charge in [-0.2, -0.15) is 0 Å². The van der Waals surface area contributed by atoms with Crippen molar-refractivity contribution < 1.29 is 56.5 Å². The van der Waals surface area contributed by atoms with E-state index in [0.717, 1.165) is 26.7 Å². The van der Waals surface area contributed by atoms with Gasteiger partial charge in [0.15, 0.2) is 11.6 Å². The van der Waals surface area contributed by atoms with E-state index in [2.05, 4.69) is 15.6 Å². The van der Waals surface area contributed by atoms with E-state index in [1.807, 2.05) is 17.9 Å². The molecule has 2 amide bonds. The number of carbonyl (C=O) groups is 5. The SMILES string of the molecule is CCCCOC(=O)N1CCNCC1C(=O)[C@H](CP(=O)(OCOC(C)=O)OCOC(C)=O)NC(=O)c1cc(N2CC[C@H](OC)C2)nc(-c2ccccc2)n1. The molecule has 2 fully saturated rings. The van der Waals surface area contributed by atoms with Crippen molar-refractivity contribution in [2.75, 3.05) is 71.1 Å². The number of esters is 2. The van der Waals surface area contributed by atoms with Crippen LogP contribution in [0.3, 0.4) is 0 Å². The molecular weight excluding hydrogens is 715 g/mol. The van der Waals surface area contributed by atoms with Gasteiger partial charge in [-0.3, -0.25) is 37.7 Å². The van der Waals surface area contributed by atoms with Crippen molar-refractivity contribution in [2.45, 2.75) is 58.2 Å². The number of anilines is 1. The quantitative estimate of drug-likeness (QED) is 0.0734. The van der Waals surface area contributed by atoms with Crippen molar-refractivity contribution in [2.24, 2.45) is 0 Å². The van der Waals surface area contributed by atoms with Crippen LogP contribution in [0.15, 0.2) is 36.4 Å². The van der Waals surface area contributed by atoms with Crippen LogP contribution < -0.4 is 15.5 Å². The summed E-state index contributed by atoms with van der Waals surface area (Å²) < 4.78 is 45.3. The first kappa shape index (κ1) is 41.3. The molecule has 4 rings (SSSR count). The topological polar surface area (TPSA) is 214 Å². The Balaban J connectivity index is 1.71. The molecule has 0 bridgehead atoms. The van der Waals surface area contributed by atoms with E-state index >= 15 is 0 Å². The van der Waals surface area contributed by atoms with Crippen molar-refractivity contribution in [3.63, 3.8) is 0 Å². The summed E-state index contributed by atoms with van der Waals surface area (Å²) in [5.41, 5.74) is 0.521. The third-order valence-electron chi connectivity index (χ3n) is 8.39. The Labute approximate surface area is 307 Å². The second-order valence-corrected chi connectivity index (χ2v) is 14.4. The molecule has 1 aromatic carbocycles. The van der Waals surface area contributed by atoms with E-state index in [1.165, 1.54) is 11.0 Å². The van der Waals surface area contributed by atoms with Gasteiger partial charge < -0.3 is 34.5 Å². The number of ketones is 1. The lowest BCUT2D eigenvalue weighted by Gasteiger charge is -2.36. The number of benzene rings is 1. The number of piperazine rings is 1. The molecule has 18 nitrogen and oxygen atoms in total. The molecule has 3 heterocycles. The Kier molecular flexibility index (Phi) is 15.7. The lowest BCUT2D eigenvalue weighted by Crippen LogP contribution is -2.61. The smallest absolute Gasteiger partial charge is 0.410 e. The number of carbonyl (C=O) groups excluding carboxylic acids is 5. The van der Waals surface area contributed by atoms with Crippen molar-refractivity contribution in [1.29, 1.82) is 0 Å². The van der Waals surface area contributed by atoms with E-state index in [-0.39, 0.29) is 37.3 Å². The number of aromatic nitrogens is 2. The fourth-order valence-corrected chi connectivity index (χ4v) is 6.97. The minimum absolute atomic E-state index is 0.00751. The third-order valence-corrected chi connectivity index (χ3v) is 10.2. The number of ether oxygens (including phenoxy) is 4. The standard InChI is InChI=1S/C34H47N6O12P/c1-5-6-16-48-34(45)40-15-13-35-18-29(40)31(43)28(20-53(46,51-21-49-23(2)41)52-22-50-24(3)42)37-33(44)27-17-30(39-14-12-26(19-39)47-4)38-32(36-27)25-10-8-7-9-11-25/h7-11,17,26,28-29,35H,5-6,12-16,18-22H2,1-4H3,(H,37,44)/t26-,28-,29?/m0/s1. The molecule has 1 aromatic heterocycles. The number of methoxy groups -OCH3 is 1. The van der Waals surface area contributed by atoms with Gasteiger partial charge in [0.05, 0.1) is 18.9 Å². The second-order valence-electron chi connectivity index (χ2n) is 12.3. The Morgan fingerprint density at radius 2 is 1.70 bits per heavy atom. The van der Waals surface area contributed by atoms with Crippen LogP contribution in [-0.4, -0.2) is 129 Å². The summed E-state index contributed by atoms with van der Waals surface area (Å²) in [5, 5.41) is 5.71. The summed E-state index contributed by atoms with van der Waals surface area (Å²) in [4.78, 5) is 77.1. The Morgan fingerprint density at radius 1 is 1.00 bits per heavy atom. The fourth-order valence-electron chi connectivity index (χ4n) is 5.54. The highest BCUT2D eigenvalue weighted by Crippen LogP contribution is 2.49. The first-order chi connectivity index (χ1) is 25.4. The van der Waals surface area contributed by atoms with E-state index < -0.39 is 69.1 Å². The van der Waals surface area contributed by atoms with Gasteiger partial charge in [0.1, 0.15) is 23.6 Å². The minimum atomic E-state index is -4.50. The Hall–Kier alpha value is -4.48. The molecule has 1 unspecified atom stereocenters. The van der Waals surface area contributed by atoms with E-state index in [9.17, 15) is 28.5 Å². The molecule has 19 heteroatoms. The normalized spacial score (nSPS) is 17.9. The third kappa shape index (κ3) is 12.3. The van der Waals surface area contributed by atoms with Gasteiger partial charge in [0.2, 0.25) is 13.6 Å². The number of hydrogen-bond donors (Lipinski definition) is 2. The van der Waals surface area contributed by atoms with Crippen LogP contribution in [0.25, 0.3) is 11.4 Å². The van der Waals surface area contributed by atoms with Gasteiger partial charge in [-0.25, -0.2) is 14.8 Å². The molecule has 0 aliphatic carbocycles. The molecule has 53 heavy (non-hydrogen) atoms. The Morgan fingerprint density at radius 3 is 2.32 bits per heavy atom. The summed E-state index contributed by atoms with van der Waals surface area (Å²) in [6.07, 6.45) is 0.563. The monoisotopic (exact) mass is 762 g/mol. The molecule has 0 radical (unpaired) electrons. The zero-order valence-electron chi connectivity index (χ0n) is 30.3. The largest absolute Gasteiger partial charge is 0.449 e.